The molecule has 1 aliphatic rings. The zero-order valence-electron chi connectivity index (χ0n) is 20.0. The van der Waals surface area contributed by atoms with Gasteiger partial charge in [0.2, 0.25) is 11.8 Å². The van der Waals surface area contributed by atoms with E-state index >= 15 is 0 Å². The molecule has 6 nitrogen and oxygen atoms in total. The highest BCUT2D eigenvalue weighted by molar-refractivity contribution is 7.10. The molecule has 184 valence electrons. The molecular weight excluding hydrogens is 460 g/mol. The standard InChI is InChI=1S/C28H32N2O4S/c1-34-25-12-6-5-8-21(25)19-30(26(32)18-24-11-7-17-35-24)27(20-13-15-23(31)16-14-20)28(33)29-22-9-3-2-4-10-22/h5-8,11-17,22,27,31H,2-4,9-10,18-19H2,1H3,(H,29,33). The van der Waals surface area contributed by atoms with Gasteiger partial charge >= 0.3 is 0 Å². The van der Waals surface area contributed by atoms with Crippen LogP contribution in [-0.4, -0.2) is 35.0 Å². The van der Waals surface area contributed by atoms with E-state index in [4.69, 9.17) is 4.74 Å². The molecule has 7 heteroatoms. The van der Waals surface area contributed by atoms with Gasteiger partial charge in [0.05, 0.1) is 20.1 Å². The SMILES string of the molecule is COc1ccccc1CN(C(=O)Cc1cccs1)C(C(=O)NC1CCCCC1)c1ccc(O)cc1. The van der Waals surface area contributed by atoms with Crippen molar-refractivity contribution in [3.63, 3.8) is 0 Å². The first kappa shape index (κ1) is 24.8. The molecule has 0 saturated heterocycles. The first-order valence-electron chi connectivity index (χ1n) is 12.1. The van der Waals surface area contributed by atoms with Crippen molar-refractivity contribution in [3.05, 3.63) is 82.0 Å². The number of hydrogen-bond acceptors (Lipinski definition) is 5. The van der Waals surface area contributed by atoms with Gasteiger partial charge in [-0.25, -0.2) is 0 Å². The molecule has 4 rings (SSSR count). The summed E-state index contributed by atoms with van der Waals surface area (Å²) in [6, 6.07) is 17.2. The smallest absolute Gasteiger partial charge is 0.247 e. The molecule has 0 bridgehead atoms. The lowest BCUT2D eigenvalue weighted by atomic mass is 9.94. The Morgan fingerprint density at radius 2 is 1.80 bits per heavy atom. The molecule has 1 heterocycles. The molecule has 2 aromatic carbocycles. The number of ether oxygens (including phenoxy) is 1. The van der Waals surface area contributed by atoms with Crippen LogP contribution in [0.3, 0.4) is 0 Å². The summed E-state index contributed by atoms with van der Waals surface area (Å²) < 4.78 is 5.55. The Kier molecular flexibility index (Phi) is 8.42. The summed E-state index contributed by atoms with van der Waals surface area (Å²) in [6.07, 6.45) is 5.48. The number of hydrogen-bond donors (Lipinski definition) is 2. The number of phenols is 1. The van der Waals surface area contributed by atoms with Crippen molar-refractivity contribution in [3.8, 4) is 11.5 Å². The average molecular weight is 493 g/mol. The molecule has 35 heavy (non-hydrogen) atoms. The van der Waals surface area contributed by atoms with Crippen LogP contribution in [0.2, 0.25) is 0 Å². The predicted octanol–water partition coefficient (Wildman–Crippen LogP) is 5.22. The number of amides is 2. The summed E-state index contributed by atoms with van der Waals surface area (Å²) in [5.74, 6) is 0.437. The van der Waals surface area contributed by atoms with E-state index < -0.39 is 6.04 Å². The third-order valence-electron chi connectivity index (χ3n) is 6.48. The largest absolute Gasteiger partial charge is 0.508 e. The number of thiophene rings is 1. The maximum atomic E-state index is 13.8. The van der Waals surface area contributed by atoms with Crippen LogP contribution in [0.15, 0.2) is 66.0 Å². The number of methoxy groups -OCH3 is 1. The summed E-state index contributed by atoms with van der Waals surface area (Å²) in [6.45, 7) is 0.220. The van der Waals surface area contributed by atoms with E-state index in [2.05, 4.69) is 5.32 Å². The maximum absolute atomic E-state index is 13.8. The zero-order valence-corrected chi connectivity index (χ0v) is 20.8. The van der Waals surface area contributed by atoms with E-state index in [1.165, 1.54) is 17.8 Å². The van der Waals surface area contributed by atoms with E-state index in [-0.39, 0.29) is 36.6 Å². The van der Waals surface area contributed by atoms with E-state index in [1.54, 1.807) is 36.3 Å². The molecule has 0 aliphatic heterocycles. The molecule has 1 unspecified atom stereocenters. The third-order valence-corrected chi connectivity index (χ3v) is 7.36. The lowest BCUT2D eigenvalue weighted by Crippen LogP contribution is -2.47. The lowest BCUT2D eigenvalue weighted by molar-refractivity contribution is -0.141. The van der Waals surface area contributed by atoms with Gasteiger partial charge in [0.25, 0.3) is 0 Å². The van der Waals surface area contributed by atoms with Crippen LogP contribution in [0.4, 0.5) is 0 Å². The Hall–Kier alpha value is -3.32. The fourth-order valence-corrected chi connectivity index (χ4v) is 5.36. The number of carbonyl (C=O) groups is 2. The van der Waals surface area contributed by atoms with Gasteiger partial charge in [0.1, 0.15) is 17.5 Å². The second kappa shape index (κ2) is 11.9. The van der Waals surface area contributed by atoms with Crippen molar-refractivity contribution in [1.82, 2.24) is 10.2 Å². The fourth-order valence-electron chi connectivity index (χ4n) is 4.66. The van der Waals surface area contributed by atoms with Crippen molar-refractivity contribution in [2.45, 2.75) is 57.2 Å². The van der Waals surface area contributed by atoms with E-state index in [9.17, 15) is 14.7 Å². The zero-order chi connectivity index (χ0) is 24.6. The monoisotopic (exact) mass is 492 g/mol. The number of rotatable bonds is 9. The van der Waals surface area contributed by atoms with Crippen LogP contribution in [-0.2, 0) is 22.6 Å². The van der Waals surface area contributed by atoms with Gasteiger partial charge in [-0.05, 0) is 48.1 Å². The fraction of sp³-hybridized carbons (Fsp3) is 0.357. The summed E-state index contributed by atoms with van der Waals surface area (Å²) in [5, 5.41) is 15.0. The number of para-hydroxylation sites is 1. The second-order valence-electron chi connectivity index (χ2n) is 8.93. The molecule has 0 radical (unpaired) electrons. The highest BCUT2D eigenvalue weighted by Crippen LogP contribution is 2.30. The highest BCUT2D eigenvalue weighted by Gasteiger charge is 2.33. The maximum Gasteiger partial charge on any atom is 0.247 e. The first-order valence-corrected chi connectivity index (χ1v) is 13.0. The van der Waals surface area contributed by atoms with Gasteiger partial charge in [-0.15, -0.1) is 11.3 Å². The third kappa shape index (κ3) is 6.42. The van der Waals surface area contributed by atoms with Crippen molar-refractivity contribution < 1.29 is 19.4 Å². The Morgan fingerprint density at radius 1 is 1.06 bits per heavy atom. The lowest BCUT2D eigenvalue weighted by Gasteiger charge is -2.34. The van der Waals surface area contributed by atoms with Crippen LogP contribution in [0, 0.1) is 0 Å². The number of nitrogens with zero attached hydrogens (tertiary/aromatic N) is 1. The van der Waals surface area contributed by atoms with Crippen LogP contribution < -0.4 is 10.1 Å². The molecule has 2 amide bonds. The van der Waals surface area contributed by atoms with Gasteiger partial charge < -0.3 is 20.1 Å². The second-order valence-corrected chi connectivity index (χ2v) is 9.96. The van der Waals surface area contributed by atoms with Gasteiger partial charge in [0.15, 0.2) is 0 Å². The first-order chi connectivity index (χ1) is 17.0. The van der Waals surface area contributed by atoms with Crippen LogP contribution in [0.1, 0.15) is 54.1 Å². The molecule has 2 N–H and O–H groups in total. The molecule has 1 atom stereocenters. The Morgan fingerprint density at radius 3 is 2.49 bits per heavy atom. The van der Waals surface area contributed by atoms with Crippen molar-refractivity contribution in [2.75, 3.05) is 7.11 Å². The number of benzene rings is 2. The summed E-state index contributed by atoms with van der Waals surface area (Å²) in [5.41, 5.74) is 1.48. The highest BCUT2D eigenvalue weighted by atomic mass is 32.1. The van der Waals surface area contributed by atoms with Gasteiger partial charge in [-0.3, -0.25) is 9.59 Å². The van der Waals surface area contributed by atoms with E-state index in [1.807, 2.05) is 41.8 Å². The van der Waals surface area contributed by atoms with Gasteiger partial charge in [-0.1, -0.05) is 55.7 Å². The number of carbonyl (C=O) groups excluding carboxylic acids is 2. The normalized spacial score (nSPS) is 14.8. The van der Waals surface area contributed by atoms with Gasteiger partial charge in [-0.2, -0.15) is 0 Å². The molecule has 1 saturated carbocycles. The Bertz CT molecular complexity index is 1110. The quantitative estimate of drug-likeness (QED) is 0.429. The van der Waals surface area contributed by atoms with E-state index in [0.717, 1.165) is 36.1 Å². The molecule has 1 aromatic heterocycles. The number of nitrogens with one attached hydrogen (secondary N) is 1. The van der Waals surface area contributed by atoms with E-state index in [0.29, 0.717) is 11.3 Å². The molecule has 1 fully saturated rings. The van der Waals surface area contributed by atoms with Crippen LogP contribution in [0.5, 0.6) is 11.5 Å². The Balaban J connectivity index is 1.71. The summed E-state index contributed by atoms with van der Waals surface area (Å²) >= 11 is 1.52. The van der Waals surface area contributed by atoms with Crippen LogP contribution in [0.25, 0.3) is 0 Å². The average Bonchev–Trinajstić information content (AvgIpc) is 3.38. The number of phenolic OH excluding ortho intramolecular Hbond substituents is 1. The summed E-state index contributed by atoms with van der Waals surface area (Å²) in [7, 11) is 1.60. The van der Waals surface area contributed by atoms with Crippen LogP contribution >= 0.6 is 11.3 Å². The molecular formula is C28H32N2O4S. The minimum Gasteiger partial charge on any atom is -0.508 e. The topological polar surface area (TPSA) is 78.9 Å². The number of aromatic hydroxyl groups is 1. The summed E-state index contributed by atoms with van der Waals surface area (Å²) in [4.78, 5) is 30.1. The minimum atomic E-state index is -0.838. The molecule has 0 spiro atoms. The molecule has 3 aromatic rings. The minimum absolute atomic E-state index is 0.108. The van der Waals surface area contributed by atoms with Crippen molar-refractivity contribution in [2.24, 2.45) is 0 Å². The predicted molar refractivity (Wildman–Crippen MR) is 137 cm³/mol. The van der Waals surface area contributed by atoms with Crippen molar-refractivity contribution in [1.29, 1.82) is 0 Å². The van der Waals surface area contributed by atoms with Crippen molar-refractivity contribution >= 4 is 23.2 Å². The molecule has 1 aliphatic carbocycles. The van der Waals surface area contributed by atoms with Gasteiger partial charge in [0, 0.05) is 16.5 Å². The Labute approximate surface area is 210 Å².